The summed E-state index contributed by atoms with van der Waals surface area (Å²) < 4.78 is 5.46. The molecule has 0 radical (unpaired) electrons. The number of ether oxygens (including phenoxy) is 1. The molecule has 20 heavy (non-hydrogen) atoms. The molecule has 2 rings (SSSR count). The Morgan fingerprint density at radius 2 is 2.10 bits per heavy atom. The van der Waals surface area contributed by atoms with Crippen molar-refractivity contribution in [3.63, 3.8) is 0 Å². The van der Waals surface area contributed by atoms with Gasteiger partial charge in [0.2, 0.25) is 0 Å². The zero-order valence-corrected chi connectivity index (χ0v) is 13.1. The second-order valence-corrected chi connectivity index (χ2v) is 5.79. The Kier molecular flexibility index (Phi) is 5.86. The van der Waals surface area contributed by atoms with E-state index in [1.807, 2.05) is 12.1 Å². The van der Waals surface area contributed by atoms with Crippen LogP contribution < -0.4 is 10.1 Å². The van der Waals surface area contributed by atoms with E-state index in [-0.39, 0.29) is 0 Å². The van der Waals surface area contributed by atoms with Gasteiger partial charge in [-0.2, -0.15) is 0 Å². The maximum absolute atomic E-state index is 5.46. The molecule has 2 atom stereocenters. The number of nitrogens with zero attached hydrogens (tertiary/aromatic N) is 1. The van der Waals surface area contributed by atoms with Crippen molar-refractivity contribution in [3.05, 3.63) is 29.8 Å². The Labute approximate surface area is 123 Å². The van der Waals surface area contributed by atoms with Crippen LogP contribution in [0.1, 0.15) is 38.2 Å². The molecule has 1 N–H and O–H groups in total. The fraction of sp³-hybridized carbons (Fsp3) is 0.647. The summed E-state index contributed by atoms with van der Waals surface area (Å²) >= 11 is 0. The standard InChI is InChI=1S/C17H28N2O/c1-4-12-18-15-9-7-10-16(15)19(2)13-14-8-5-6-11-17(14)20-3/h5-6,8,11,15-16,18H,4,7,9-10,12-13H2,1-3H3. The minimum absolute atomic E-state index is 0.645. The minimum Gasteiger partial charge on any atom is -0.496 e. The zero-order chi connectivity index (χ0) is 14.4. The van der Waals surface area contributed by atoms with Crippen molar-refractivity contribution in [2.75, 3.05) is 20.7 Å². The summed E-state index contributed by atoms with van der Waals surface area (Å²) in [4.78, 5) is 2.48. The van der Waals surface area contributed by atoms with Gasteiger partial charge in [0.25, 0.3) is 0 Å². The largest absolute Gasteiger partial charge is 0.496 e. The molecule has 1 aliphatic carbocycles. The average Bonchev–Trinajstić information content (AvgIpc) is 2.94. The molecule has 1 aromatic rings. The summed E-state index contributed by atoms with van der Waals surface area (Å²) in [5.41, 5.74) is 1.28. The number of methoxy groups -OCH3 is 1. The monoisotopic (exact) mass is 276 g/mol. The molecule has 1 saturated carbocycles. The zero-order valence-electron chi connectivity index (χ0n) is 13.1. The summed E-state index contributed by atoms with van der Waals surface area (Å²) in [5.74, 6) is 0.996. The van der Waals surface area contributed by atoms with Crippen molar-refractivity contribution in [2.24, 2.45) is 0 Å². The van der Waals surface area contributed by atoms with Crippen LogP contribution in [-0.2, 0) is 6.54 Å². The van der Waals surface area contributed by atoms with Crippen molar-refractivity contribution < 1.29 is 4.74 Å². The summed E-state index contributed by atoms with van der Waals surface area (Å²) in [5, 5.41) is 3.70. The third-order valence-electron chi connectivity index (χ3n) is 4.31. The van der Waals surface area contributed by atoms with Gasteiger partial charge in [0.1, 0.15) is 5.75 Å². The van der Waals surface area contributed by atoms with E-state index in [2.05, 4.69) is 36.3 Å². The van der Waals surface area contributed by atoms with Crippen molar-refractivity contribution in [1.82, 2.24) is 10.2 Å². The van der Waals surface area contributed by atoms with Gasteiger partial charge in [0.15, 0.2) is 0 Å². The Balaban J connectivity index is 1.98. The highest BCUT2D eigenvalue weighted by molar-refractivity contribution is 5.33. The summed E-state index contributed by atoms with van der Waals surface area (Å²) in [6.07, 6.45) is 5.15. The van der Waals surface area contributed by atoms with Crippen LogP contribution in [0, 0.1) is 0 Å². The summed E-state index contributed by atoms with van der Waals surface area (Å²) in [7, 11) is 3.99. The number of likely N-dealkylation sites (N-methyl/N-ethyl adjacent to an activating group) is 1. The molecular weight excluding hydrogens is 248 g/mol. The topological polar surface area (TPSA) is 24.5 Å². The molecule has 0 amide bonds. The van der Waals surface area contributed by atoms with E-state index in [0.29, 0.717) is 12.1 Å². The molecule has 0 aromatic heterocycles. The second-order valence-electron chi connectivity index (χ2n) is 5.79. The van der Waals surface area contributed by atoms with Crippen LogP contribution in [0.4, 0.5) is 0 Å². The molecule has 2 unspecified atom stereocenters. The van der Waals surface area contributed by atoms with E-state index in [1.54, 1.807) is 7.11 Å². The highest BCUT2D eigenvalue weighted by Crippen LogP contribution is 2.26. The molecule has 3 nitrogen and oxygen atoms in total. The number of hydrogen-bond donors (Lipinski definition) is 1. The van der Waals surface area contributed by atoms with Crippen molar-refractivity contribution in [2.45, 2.75) is 51.2 Å². The van der Waals surface area contributed by atoms with Gasteiger partial charge in [0.05, 0.1) is 7.11 Å². The van der Waals surface area contributed by atoms with Gasteiger partial charge in [-0.25, -0.2) is 0 Å². The van der Waals surface area contributed by atoms with E-state index in [4.69, 9.17) is 4.74 Å². The third-order valence-corrected chi connectivity index (χ3v) is 4.31. The SMILES string of the molecule is CCCNC1CCCC1N(C)Cc1ccccc1OC. The van der Waals surface area contributed by atoms with Crippen LogP contribution in [0.3, 0.4) is 0 Å². The highest BCUT2D eigenvalue weighted by Gasteiger charge is 2.29. The summed E-state index contributed by atoms with van der Waals surface area (Å²) in [6, 6.07) is 9.63. The van der Waals surface area contributed by atoms with E-state index < -0.39 is 0 Å². The first kappa shape index (κ1) is 15.3. The predicted molar refractivity (Wildman–Crippen MR) is 84.2 cm³/mol. The van der Waals surface area contributed by atoms with Crippen molar-refractivity contribution >= 4 is 0 Å². The fourth-order valence-electron chi connectivity index (χ4n) is 3.26. The van der Waals surface area contributed by atoms with Crippen LogP contribution in [0.15, 0.2) is 24.3 Å². The van der Waals surface area contributed by atoms with E-state index >= 15 is 0 Å². The quantitative estimate of drug-likeness (QED) is 0.828. The van der Waals surface area contributed by atoms with Crippen molar-refractivity contribution in [1.29, 1.82) is 0 Å². The lowest BCUT2D eigenvalue weighted by Crippen LogP contribution is -2.45. The molecular formula is C17H28N2O. The molecule has 0 heterocycles. The lowest BCUT2D eigenvalue weighted by molar-refractivity contribution is 0.201. The molecule has 1 aromatic carbocycles. The Bertz CT molecular complexity index is 408. The van der Waals surface area contributed by atoms with Gasteiger partial charge >= 0.3 is 0 Å². The van der Waals surface area contributed by atoms with Gasteiger partial charge in [0, 0.05) is 24.2 Å². The molecule has 112 valence electrons. The molecule has 0 spiro atoms. The fourth-order valence-corrected chi connectivity index (χ4v) is 3.26. The van der Waals surface area contributed by atoms with Gasteiger partial charge < -0.3 is 10.1 Å². The first-order valence-corrected chi connectivity index (χ1v) is 7.81. The first-order chi connectivity index (χ1) is 9.76. The van der Waals surface area contributed by atoms with Gasteiger partial charge in [-0.1, -0.05) is 31.5 Å². The molecule has 1 aliphatic rings. The van der Waals surface area contributed by atoms with Crippen LogP contribution >= 0.6 is 0 Å². The van der Waals surface area contributed by atoms with Gasteiger partial charge in [-0.15, -0.1) is 0 Å². The molecule has 0 aliphatic heterocycles. The number of hydrogen-bond acceptors (Lipinski definition) is 3. The Morgan fingerprint density at radius 3 is 2.85 bits per heavy atom. The maximum Gasteiger partial charge on any atom is 0.123 e. The number of rotatable bonds is 7. The lowest BCUT2D eigenvalue weighted by Gasteiger charge is -2.30. The molecule has 3 heteroatoms. The van der Waals surface area contributed by atoms with E-state index in [9.17, 15) is 0 Å². The second kappa shape index (κ2) is 7.65. The highest BCUT2D eigenvalue weighted by atomic mass is 16.5. The number of benzene rings is 1. The minimum atomic E-state index is 0.645. The average molecular weight is 276 g/mol. The van der Waals surface area contributed by atoms with Crippen LogP contribution in [0.2, 0.25) is 0 Å². The summed E-state index contributed by atoms with van der Waals surface area (Å²) in [6.45, 7) is 4.32. The smallest absolute Gasteiger partial charge is 0.123 e. The maximum atomic E-state index is 5.46. The third kappa shape index (κ3) is 3.74. The van der Waals surface area contributed by atoms with E-state index in [1.165, 1.54) is 31.2 Å². The predicted octanol–water partition coefficient (Wildman–Crippen LogP) is 3.05. The van der Waals surface area contributed by atoms with Crippen LogP contribution in [0.5, 0.6) is 5.75 Å². The molecule has 0 bridgehead atoms. The lowest BCUT2D eigenvalue weighted by atomic mass is 10.1. The van der Waals surface area contributed by atoms with Gasteiger partial charge in [-0.3, -0.25) is 4.90 Å². The molecule has 0 saturated heterocycles. The number of para-hydroxylation sites is 1. The first-order valence-electron chi connectivity index (χ1n) is 7.81. The van der Waals surface area contributed by atoms with Crippen LogP contribution in [-0.4, -0.2) is 37.7 Å². The van der Waals surface area contributed by atoms with Gasteiger partial charge in [-0.05, 0) is 38.9 Å². The number of nitrogens with one attached hydrogen (secondary N) is 1. The normalized spacial score (nSPS) is 22.4. The van der Waals surface area contributed by atoms with E-state index in [0.717, 1.165) is 18.8 Å². The van der Waals surface area contributed by atoms with Crippen LogP contribution in [0.25, 0.3) is 0 Å². The van der Waals surface area contributed by atoms with Crippen molar-refractivity contribution in [3.8, 4) is 5.75 Å². The molecule has 1 fully saturated rings. The Hall–Kier alpha value is -1.06. The Morgan fingerprint density at radius 1 is 1.30 bits per heavy atom.